The molecule has 15 heavy (non-hydrogen) atoms. The second-order valence-electron chi connectivity index (χ2n) is 4.03. The molecule has 0 nitrogen and oxygen atoms in total. The van der Waals surface area contributed by atoms with E-state index in [9.17, 15) is 0 Å². The summed E-state index contributed by atoms with van der Waals surface area (Å²) in [6.07, 6.45) is 18.4. The maximum absolute atomic E-state index is 3.31. The van der Waals surface area contributed by atoms with Crippen molar-refractivity contribution in [2.24, 2.45) is 0 Å². The average Bonchev–Trinajstić information content (AvgIpc) is 2.59. The Kier molecular flexibility index (Phi) is 3.22. The van der Waals surface area contributed by atoms with E-state index in [0.29, 0.717) is 0 Å². The fourth-order valence-electron chi connectivity index (χ4n) is 1.85. The lowest BCUT2D eigenvalue weighted by atomic mass is 10.0. The summed E-state index contributed by atoms with van der Waals surface area (Å²) < 4.78 is 0. The van der Waals surface area contributed by atoms with E-state index < -0.39 is 0 Å². The second kappa shape index (κ2) is 4.82. The van der Waals surface area contributed by atoms with Gasteiger partial charge in [0, 0.05) is 5.57 Å². The van der Waals surface area contributed by atoms with E-state index in [4.69, 9.17) is 0 Å². The minimum absolute atomic E-state index is 1.16. The van der Waals surface area contributed by atoms with Crippen molar-refractivity contribution in [3.8, 4) is 0 Å². The lowest BCUT2D eigenvalue weighted by Gasteiger charge is -2.03. The summed E-state index contributed by atoms with van der Waals surface area (Å²) >= 11 is 0. The highest BCUT2D eigenvalue weighted by Gasteiger charge is 2.05. The minimum Gasteiger partial charge on any atom is -0.113 e. The molecule has 0 aromatic carbocycles. The molecule has 0 N–H and O–H groups in total. The van der Waals surface area contributed by atoms with Gasteiger partial charge < -0.3 is 0 Å². The van der Waals surface area contributed by atoms with Crippen molar-refractivity contribution in [2.75, 3.05) is 0 Å². The Morgan fingerprint density at radius 1 is 1.07 bits per heavy atom. The van der Waals surface area contributed by atoms with Gasteiger partial charge in [0.2, 0.25) is 0 Å². The maximum Gasteiger partial charge on any atom is 0.0196 e. The van der Waals surface area contributed by atoms with Crippen LogP contribution >= 0.6 is 0 Å². The summed E-state index contributed by atoms with van der Waals surface area (Å²) in [4.78, 5) is 0. The lowest BCUT2D eigenvalue weighted by Crippen LogP contribution is -1.85. The molecule has 0 aromatic heterocycles. The molecule has 2 aliphatic carbocycles. The maximum atomic E-state index is 3.31. The fraction of sp³-hybridized carbons (Fsp3) is 0.267. The van der Waals surface area contributed by atoms with E-state index in [0.717, 1.165) is 6.42 Å². The van der Waals surface area contributed by atoms with Crippen molar-refractivity contribution < 1.29 is 0 Å². The molecule has 0 atom stereocenters. The van der Waals surface area contributed by atoms with Crippen LogP contribution in [0.4, 0.5) is 0 Å². The molecular weight excluding hydrogens is 180 g/mol. The molecule has 0 saturated heterocycles. The van der Waals surface area contributed by atoms with Crippen LogP contribution in [0.3, 0.4) is 0 Å². The zero-order valence-electron chi connectivity index (χ0n) is 9.16. The summed E-state index contributed by atoms with van der Waals surface area (Å²) in [6.45, 7) is 2.20. The Morgan fingerprint density at radius 2 is 2.00 bits per heavy atom. The Morgan fingerprint density at radius 3 is 2.93 bits per heavy atom. The van der Waals surface area contributed by atoms with Crippen molar-refractivity contribution in [3.05, 3.63) is 65.0 Å². The Bertz CT molecular complexity index is 419. The average molecular weight is 196 g/mol. The molecule has 0 heterocycles. The van der Waals surface area contributed by atoms with Crippen molar-refractivity contribution in [3.63, 3.8) is 0 Å². The standard InChI is InChI=1S/C15H16/c1-13-7-6-10-15(12-11-13)14-8-4-2-3-5-9-14/h2-5,8,11-12H,6-7,10H2,1H3. The summed E-state index contributed by atoms with van der Waals surface area (Å²) in [6, 6.07) is 0. The van der Waals surface area contributed by atoms with Crippen LogP contribution in [0.5, 0.6) is 0 Å². The third-order valence-electron chi connectivity index (χ3n) is 2.75. The number of allylic oxidation sites excluding steroid dienone is 9. The van der Waals surface area contributed by atoms with Crippen molar-refractivity contribution in [1.29, 1.82) is 0 Å². The molecule has 0 bridgehead atoms. The van der Waals surface area contributed by atoms with Crippen molar-refractivity contribution in [2.45, 2.75) is 26.2 Å². The van der Waals surface area contributed by atoms with Crippen molar-refractivity contribution >= 4 is 0 Å². The molecular formula is C15H16. The van der Waals surface area contributed by atoms with Crippen LogP contribution in [0.1, 0.15) is 26.2 Å². The van der Waals surface area contributed by atoms with Gasteiger partial charge in [-0.15, -0.1) is 5.73 Å². The van der Waals surface area contributed by atoms with Crippen LogP contribution in [0.15, 0.2) is 65.0 Å². The van der Waals surface area contributed by atoms with Gasteiger partial charge >= 0.3 is 0 Å². The zero-order chi connectivity index (χ0) is 10.5. The smallest absolute Gasteiger partial charge is 0.0196 e. The van der Waals surface area contributed by atoms with Crippen LogP contribution < -0.4 is 0 Å². The van der Waals surface area contributed by atoms with Crippen LogP contribution in [-0.4, -0.2) is 0 Å². The van der Waals surface area contributed by atoms with Gasteiger partial charge in [0.15, 0.2) is 0 Å². The van der Waals surface area contributed by atoms with Gasteiger partial charge in [0.25, 0.3) is 0 Å². The fourth-order valence-corrected chi connectivity index (χ4v) is 1.85. The molecule has 0 spiro atoms. The van der Waals surface area contributed by atoms with E-state index >= 15 is 0 Å². The molecule has 76 valence electrons. The van der Waals surface area contributed by atoms with Gasteiger partial charge in [-0.25, -0.2) is 0 Å². The molecule has 0 aromatic rings. The van der Waals surface area contributed by atoms with E-state index in [-0.39, 0.29) is 0 Å². The Balaban J connectivity index is 2.28. The summed E-state index contributed by atoms with van der Waals surface area (Å²) in [5, 5.41) is 0. The number of hydrogen-bond donors (Lipinski definition) is 0. The summed E-state index contributed by atoms with van der Waals surface area (Å²) in [5.41, 5.74) is 7.42. The Labute approximate surface area is 91.7 Å². The van der Waals surface area contributed by atoms with Gasteiger partial charge in [0.05, 0.1) is 0 Å². The highest BCUT2D eigenvalue weighted by Crippen LogP contribution is 2.23. The minimum atomic E-state index is 1.16. The van der Waals surface area contributed by atoms with E-state index in [1.165, 1.54) is 29.6 Å². The molecule has 0 amide bonds. The van der Waals surface area contributed by atoms with E-state index in [1.54, 1.807) is 0 Å². The van der Waals surface area contributed by atoms with E-state index in [2.05, 4.69) is 37.0 Å². The third kappa shape index (κ3) is 2.71. The third-order valence-corrected chi connectivity index (χ3v) is 2.75. The molecule has 0 aliphatic heterocycles. The SMILES string of the molecule is CC1=CC=C(C2=C=CC=CC=C2)CCC1. The number of hydrogen-bond acceptors (Lipinski definition) is 0. The van der Waals surface area contributed by atoms with E-state index in [1.807, 2.05) is 18.2 Å². The van der Waals surface area contributed by atoms with Crippen LogP contribution in [0.2, 0.25) is 0 Å². The van der Waals surface area contributed by atoms with Crippen LogP contribution in [-0.2, 0) is 0 Å². The Hall–Kier alpha value is -1.52. The van der Waals surface area contributed by atoms with Crippen molar-refractivity contribution in [1.82, 2.24) is 0 Å². The predicted molar refractivity (Wildman–Crippen MR) is 65.6 cm³/mol. The predicted octanol–water partition coefficient (Wildman–Crippen LogP) is 4.25. The van der Waals surface area contributed by atoms with Gasteiger partial charge in [-0.2, -0.15) is 0 Å². The quantitative estimate of drug-likeness (QED) is 0.550. The first-order chi connectivity index (χ1) is 7.36. The van der Waals surface area contributed by atoms with Gasteiger partial charge in [0.1, 0.15) is 0 Å². The van der Waals surface area contributed by atoms with Crippen LogP contribution in [0.25, 0.3) is 0 Å². The topological polar surface area (TPSA) is 0 Å². The van der Waals surface area contributed by atoms with Crippen LogP contribution in [0, 0.1) is 0 Å². The molecule has 2 rings (SSSR count). The second-order valence-corrected chi connectivity index (χ2v) is 4.03. The molecule has 0 fully saturated rings. The van der Waals surface area contributed by atoms with Gasteiger partial charge in [-0.3, -0.25) is 0 Å². The number of rotatable bonds is 1. The first kappa shape index (κ1) is 10.0. The highest BCUT2D eigenvalue weighted by atomic mass is 14.1. The van der Waals surface area contributed by atoms with Gasteiger partial charge in [-0.05, 0) is 43.9 Å². The monoisotopic (exact) mass is 196 g/mol. The first-order valence-corrected chi connectivity index (χ1v) is 5.53. The summed E-state index contributed by atoms with van der Waals surface area (Å²) in [7, 11) is 0. The summed E-state index contributed by atoms with van der Waals surface area (Å²) in [5.74, 6) is 0. The zero-order valence-corrected chi connectivity index (χ0v) is 9.16. The first-order valence-electron chi connectivity index (χ1n) is 5.53. The molecule has 0 heteroatoms. The molecule has 0 unspecified atom stereocenters. The normalized spacial score (nSPS) is 20.2. The van der Waals surface area contributed by atoms with Gasteiger partial charge in [-0.1, -0.05) is 36.0 Å². The largest absolute Gasteiger partial charge is 0.113 e. The molecule has 0 radical (unpaired) electrons. The molecule has 0 saturated carbocycles. The highest BCUT2D eigenvalue weighted by molar-refractivity contribution is 5.44. The molecule has 2 aliphatic rings. The lowest BCUT2D eigenvalue weighted by molar-refractivity contribution is 0.821.